The maximum Gasteiger partial charge on any atom is 0.178 e. The molecule has 0 saturated heterocycles. The van der Waals surface area contributed by atoms with E-state index in [2.05, 4.69) is 120 Å². The van der Waals surface area contributed by atoms with Crippen molar-refractivity contribution in [2.24, 2.45) is 0 Å². The summed E-state index contributed by atoms with van der Waals surface area (Å²) in [6.07, 6.45) is 9.83. The van der Waals surface area contributed by atoms with Crippen molar-refractivity contribution in [3.8, 4) is 22.6 Å². The molecule has 0 N–H and O–H groups in total. The van der Waals surface area contributed by atoms with Gasteiger partial charge in [-0.1, -0.05) is 123 Å². The van der Waals surface area contributed by atoms with Gasteiger partial charge in [0.1, 0.15) is 17.1 Å². The van der Waals surface area contributed by atoms with Gasteiger partial charge in [0.25, 0.3) is 0 Å². The van der Waals surface area contributed by atoms with Crippen LogP contribution in [0.3, 0.4) is 0 Å². The van der Waals surface area contributed by atoms with Gasteiger partial charge in [0.05, 0.1) is 7.11 Å². The Balaban J connectivity index is 1.56. The Morgan fingerprint density at radius 1 is 0.702 bits per heavy atom. The first-order valence-corrected chi connectivity index (χ1v) is 17.3. The van der Waals surface area contributed by atoms with Crippen molar-refractivity contribution in [3.05, 3.63) is 136 Å². The molecule has 1 aliphatic carbocycles. The summed E-state index contributed by atoms with van der Waals surface area (Å²) >= 11 is 0. The Bertz CT molecular complexity index is 1970. The van der Waals surface area contributed by atoms with E-state index in [1.165, 1.54) is 44.3 Å². The van der Waals surface area contributed by atoms with Crippen molar-refractivity contribution >= 4 is 16.8 Å². The van der Waals surface area contributed by atoms with Gasteiger partial charge in [0, 0.05) is 34.2 Å². The van der Waals surface area contributed by atoms with Gasteiger partial charge >= 0.3 is 0 Å². The molecule has 0 radical (unpaired) electrons. The highest BCUT2D eigenvalue weighted by Gasteiger charge is 2.49. The fourth-order valence-corrected chi connectivity index (χ4v) is 7.72. The molecule has 0 bridgehead atoms. The number of hydrogen-bond acceptors (Lipinski definition) is 3. The summed E-state index contributed by atoms with van der Waals surface area (Å²) in [6.45, 7) is 11.7. The summed E-state index contributed by atoms with van der Waals surface area (Å²) in [5, 5.41) is 2.36. The molecule has 3 nitrogen and oxygen atoms in total. The standard InChI is InChI=1S/C44H46O3/c1-7-9-24-44(46-26-10-8-2)39-28-31(5)14-22-36(39)40-35-21-13-30(4)27-38(35)42-37(41(40)44)23-25-43(47-42,32-15-11-29(3)12-16-32)33-17-19-34(45-6)20-18-33/h11-23,25,27-28H,7-10,24,26H2,1-6H3. The summed E-state index contributed by atoms with van der Waals surface area (Å²) in [7, 11) is 1.71. The Kier molecular flexibility index (Phi) is 8.22. The molecule has 5 aromatic rings. The second-order valence-corrected chi connectivity index (χ2v) is 13.5. The van der Waals surface area contributed by atoms with E-state index in [1.807, 2.05) is 12.1 Å². The molecule has 7 rings (SSSR count). The molecular weight excluding hydrogens is 576 g/mol. The number of aryl methyl sites for hydroxylation is 3. The number of unbranched alkanes of at least 4 members (excludes halogenated alkanes) is 2. The predicted molar refractivity (Wildman–Crippen MR) is 195 cm³/mol. The van der Waals surface area contributed by atoms with Crippen LogP contribution in [0.5, 0.6) is 11.5 Å². The average molecular weight is 623 g/mol. The second kappa shape index (κ2) is 12.4. The third-order valence-corrected chi connectivity index (χ3v) is 10.2. The number of ether oxygens (including phenoxy) is 3. The van der Waals surface area contributed by atoms with Gasteiger partial charge in [-0.15, -0.1) is 0 Å². The molecule has 0 aromatic heterocycles. The van der Waals surface area contributed by atoms with Crippen LogP contribution in [0.1, 0.15) is 90.5 Å². The first-order valence-electron chi connectivity index (χ1n) is 17.3. The average Bonchev–Trinajstić information content (AvgIpc) is 3.37. The molecule has 1 heterocycles. The molecule has 0 spiro atoms. The van der Waals surface area contributed by atoms with Crippen molar-refractivity contribution in [2.75, 3.05) is 13.7 Å². The molecule has 0 amide bonds. The Hall–Kier alpha value is -4.34. The molecule has 47 heavy (non-hydrogen) atoms. The second-order valence-electron chi connectivity index (χ2n) is 13.5. The predicted octanol–water partition coefficient (Wildman–Crippen LogP) is 11.4. The lowest BCUT2D eigenvalue weighted by molar-refractivity contribution is -0.0247. The normalized spacial score (nSPS) is 19.3. The lowest BCUT2D eigenvalue weighted by Crippen LogP contribution is -2.36. The van der Waals surface area contributed by atoms with E-state index in [9.17, 15) is 0 Å². The lowest BCUT2D eigenvalue weighted by atomic mass is 9.78. The quantitative estimate of drug-likeness (QED) is 0.145. The number of rotatable bonds is 10. The molecule has 0 saturated carbocycles. The van der Waals surface area contributed by atoms with E-state index < -0.39 is 11.2 Å². The van der Waals surface area contributed by atoms with Crippen molar-refractivity contribution in [1.29, 1.82) is 0 Å². The summed E-state index contributed by atoms with van der Waals surface area (Å²) < 4.78 is 20.3. The Labute approximate surface area is 280 Å². The summed E-state index contributed by atoms with van der Waals surface area (Å²) in [5.74, 6) is 1.75. The van der Waals surface area contributed by atoms with Gasteiger partial charge in [-0.25, -0.2) is 0 Å². The third-order valence-electron chi connectivity index (χ3n) is 10.2. The topological polar surface area (TPSA) is 27.7 Å². The minimum absolute atomic E-state index is 0.553. The minimum atomic E-state index is -0.824. The zero-order valence-corrected chi connectivity index (χ0v) is 28.7. The largest absolute Gasteiger partial charge is 0.497 e. The van der Waals surface area contributed by atoms with E-state index in [0.717, 1.165) is 72.3 Å². The van der Waals surface area contributed by atoms with Crippen LogP contribution in [0.15, 0.2) is 91.0 Å². The number of methoxy groups -OCH3 is 1. The zero-order chi connectivity index (χ0) is 32.8. The van der Waals surface area contributed by atoms with Crippen LogP contribution in [0.25, 0.3) is 28.0 Å². The van der Waals surface area contributed by atoms with Crippen LogP contribution >= 0.6 is 0 Å². The number of benzene rings is 5. The van der Waals surface area contributed by atoms with E-state index >= 15 is 0 Å². The fourth-order valence-electron chi connectivity index (χ4n) is 7.72. The summed E-state index contributed by atoms with van der Waals surface area (Å²) in [6, 6.07) is 30.9. The van der Waals surface area contributed by atoms with Crippen molar-refractivity contribution in [3.63, 3.8) is 0 Å². The fraction of sp³-hybridized carbons (Fsp3) is 0.318. The van der Waals surface area contributed by atoms with Crippen molar-refractivity contribution < 1.29 is 14.2 Å². The highest BCUT2D eigenvalue weighted by molar-refractivity contribution is 6.08. The Morgan fingerprint density at radius 2 is 1.36 bits per heavy atom. The van der Waals surface area contributed by atoms with E-state index in [0.29, 0.717) is 0 Å². The van der Waals surface area contributed by atoms with Crippen LogP contribution in [0.2, 0.25) is 0 Å². The van der Waals surface area contributed by atoms with Gasteiger partial charge < -0.3 is 14.2 Å². The van der Waals surface area contributed by atoms with E-state index in [-0.39, 0.29) is 0 Å². The van der Waals surface area contributed by atoms with Crippen LogP contribution in [-0.2, 0) is 15.9 Å². The van der Waals surface area contributed by atoms with Crippen LogP contribution in [0, 0.1) is 20.8 Å². The third kappa shape index (κ3) is 5.07. The van der Waals surface area contributed by atoms with E-state index in [1.54, 1.807) is 7.11 Å². The SMILES string of the molecule is CCCCOC1(CCCC)c2cc(C)ccc2-c2c1c1c(c3cc(C)ccc23)OC(c2ccc(C)cc2)(c2ccc(OC)cc2)C=C1. The maximum absolute atomic E-state index is 7.56. The van der Waals surface area contributed by atoms with Crippen molar-refractivity contribution in [1.82, 2.24) is 0 Å². The summed E-state index contributed by atoms with van der Waals surface area (Å²) in [4.78, 5) is 0. The molecule has 240 valence electrons. The maximum atomic E-state index is 7.56. The highest BCUT2D eigenvalue weighted by atomic mass is 16.5. The van der Waals surface area contributed by atoms with Crippen LogP contribution in [-0.4, -0.2) is 13.7 Å². The Morgan fingerprint density at radius 3 is 2.06 bits per heavy atom. The molecule has 2 unspecified atom stereocenters. The van der Waals surface area contributed by atoms with Gasteiger partial charge in [0.2, 0.25) is 0 Å². The number of hydrogen-bond donors (Lipinski definition) is 0. The molecule has 0 fully saturated rings. The van der Waals surface area contributed by atoms with Crippen LogP contribution < -0.4 is 9.47 Å². The zero-order valence-electron chi connectivity index (χ0n) is 28.7. The van der Waals surface area contributed by atoms with Gasteiger partial charge in [-0.3, -0.25) is 0 Å². The molecule has 3 heteroatoms. The summed E-state index contributed by atoms with van der Waals surface area (Å²) in [5.41, 5.74) is 10.7. The van der Waals surface area contributed by atoms with Crippen molar-refractivity contribution in [2.45, 2.75) is 77.9 Å². The lowest BCUT2D eigenvalue weighted by Gasteiger charge is -2.40. The minimum Gasteiger partial charge on any atom is -0.497 e. The molecular formula is C44H46O3. The first-order chi connectivity index (χ1) is 22.8. The van der Waals surface area contributed by atoms with Crippen LogP contribution in [0.4, 0.5) is 0 Å². The molecule has 2 atom stereocenters. The molecule has 1 aliphatic heterocycles. The monoisotopic (exact) mass is 622 g/mol. The van der Waals surface area contributed by atoms with Gasteiger partial charge in [-0.2, -0.15) is 0 Å². The first kappa shape index (κ1) is 31.3. The molecule has 2 aliphatic rings. The van der Waals surface area contributed by atoms with E-state index in [4.69, 9.17) is 14.2 Å². The number of fused-ring (bicyclic) bond motifs is 8. The van der Waals surface area contributed by atoms with Gasteiger partial charge in [-0.05, 0) is 80.0 Å². The smallest absolute Gasteiger partial charge is 0.178 e. The van der Waals surface area contributed by atoms with Gasteiger partial charge in [0.15, 0.2) is 5.60 Å². The highest BCUT2D eigenvalue weighted by Crippen LogP contribution is 2.60. The molecule has 5 aromatic carbocycles.